The molecule has 4 rings (SSSR count). The molecular weight excluding hydrogens is 468 g/mol. The monoisotopic (exact) mass is 492 g/mol. The normalized spacial score (nSPS) is 14.1. The Bertz CT molecular complexity index is 1160. The number of ether oxygens (including phenoxy) is 2. The third-order valence-electron chi connectivity index (χ3n) is 5.24. The summed E-state index contributed by atoms with van der Waals surface area (Å²) in [5, 5.41) is 0.246. The van der Waals surface area contributed by atoms with E-state index in [4.69, 9.17) is 22.8 Å². The molecule has 0 fully saturated rings. The van der Waals surface area contributed by atoms with E-state index in [1.54, 1.807) is 18.2 Å². The fourth-order valence-corrected chi connectivity index (χ4v) is 6.17. The Balaban J connectivity index is 1.79. The van der Waals surface area contributed by atoms with E-state index < -0.39 is 32.5 Å². The Kier molecular flexibility index (Phi) is 6.72. The summed E-state index contributed by atoms with van der Waals surface area (Å²) in [6, 6.07) is 24.0. The van der Waals surface area contributed by atoms with E-state index in [0.717, 1.165) is 31.9 Å². The number of rotatable bonds is 6. The molecule has 8 nitrogen and oxygen atoms in total. The second-order valence-corrected chi connectivity index (χ2v) is 10.2. The van der Waals surface area contributed by atoms with Gasteiger partial charge in [-0.2, -0.15) is 0 Å². The molecule has 1 heterocycles. The zero-order valence-corrected chi connectivity index (χ0v) is 20.5. The van der Waals surface area contributed by atoms with E-state index in [-0.39, 0.29) is 11.8 Å². The van der Waals surface area contributed by atoms with Crippen molar-refractivity contribution < 1.29 is 37.1 Å². The Morgan fingerprint density at radius 3 is 1.69 bits per heavy atom. The first-order valence-electron chi connectivity index (χ1n) is 10.9. The molecule has 0 bridgehead atoms. The highest BCUT2D eigenvalue weighted by molar-refractivity contribution is 6.79. The topological polar surface area (TPSA) is 97.4 Å². The lowest BCUT2D eigenvalue weighted by atomic mass is 9.95. The average Bonchev–Trinajstić information content (AvgIpc) is 2.83. The maximum atomic E-state index is 11.9. The molecule has 1 aliphatic rings. The minimum atomic E-state index is -4.24. The lowest BCUT2D eigenvalue weighted by molar-refractivity contribution is -0.184. The third kappa shape index (κ3) is 4.96. The van der Waals surface area contributed by atoms with Gasteiger partial charge in [0.15, 0.2) is 0 Å². The molecule has 0 aromatic heterocycles. The van der Waals surface area contributed by atoms with Crippen LogP contribution in [0.1, 0.15) is 37.5 Å². The Hall–Kier alpha value is -3.95. The van der Waals surface area contributed by atoms with Crippen molar-refractivity contribution in [2.24, 2.45) is 0 Å². The van der Waals surface area contributed by atoms with Gasteiger partial charge < -0.3 is 22.8 Å². The second kappa shape index (κ2) is 9.73. The number of hydrogen-bond acceptors (Lipinski definition) is 8. The van der Waals surface area contributed by atoms with E-state index in [0.29, 0.717) is 11.3 Å². The molecule has 0 spiro atoms. The highest BCUT2D eigenvalue weighted by atomic mass is 28.4. The molecule has 0 amide bonds. The van der Waals surface area contributed by atoms with Crippen LogP contribution in [0, 0.1) is 0 Å². The van der Waals surface area contributed by atoms with Crippen molar-refractivity contribution >= 4 is 31.9 Å². The first-order chi connectivity index (χ1) is 16.7. The summed E-state index contributed by atoms with van der Waals surface area (Å²) in [5.74, 6) is -2.93. The van der Waals surface area contributed by atoms with Gasteiger partial charge in [-0.3, -0.25) is 14.4 Å². The van der Waals surface area contributed by atoms with Crippen molar-refractivity contribution in [3.63, 3.8) is 0 Å². The van der Waals surface area contributed by atoms with E-state index in [9.17, 15) is 14.4 Å². The quantitative estimate of drug-likeness (QED) is 0.484. The van der Waals surface area contributed by atoms with Crippen molar-refractivity contribution in [1.82, 2.24) is 0 Å². The number of carbonyl (C=O) groups excluding carboxylic acids is 3. The van der Waals surface area contributed by atoms with Crippen LogP contribution in [0.5, 0.6) is 5.75 Å². The van der Waals surface area contributed by atoms with E-state index in [1.165, 1.54) is 0 Å². The summed E-state index contributed by atoms with van der Waals surface area (Å²) in [7, 11) is -4.24. The van der Waals surface area contributed by atoms with Gasteiger partial charge in [-0.15, -0.1) is 0 Å². The maximum absolute atomic E-state index is 11.9. The Morgan fingerprint density at radius 2 is 1.23 bits per heavy atom. The highest BCUT2D eigenvalue weighted by Crippen LogP contribution is 2.42. The minimum absolute atomic E-state index is 0.123. The summed E-state index contributed by atoms with van der Waals surface area (Å²) < 4.78 is 28.9. The van der Waals surface area contributed by atoms with Gasteiger partial charge in [-0.1, -0.05) is 60.7 Å². The third-order valence-corrected chi connectivity index (χ3v) is 7.93. The molecule has 0 saturated carbocycles. The standard InChI is InChI=1S/C26H24O8Si/c1-18(27)32-35(33-19(2)28,34-20(3)29)24-14-15-25-21(16-24)17-30-26(31-25,22-10-6-4-7-11-22)23-12-8-5-9-13-23/h4-16H,17H2,1-3H3. The Labute approximate surface area is 203 Å². The highest BCUT2D eigenvalue weighted by Gasteiger charge is 2.55. The fraction of sp³-hybridized carbons (Fsp3) is 0.192. The van der Waals surface area contributed by atoms with Gasteiger partial charge in [0.05, 0.1) is 11.8 Å². The van der Waals surface area contributed by atoms with Gasteiger partial charge in [0.2, 0.25) is 0 Å². The summed E-state index contributed by atoms with van der Waals surface area (Å²) in [5.41, 5.74) is 2.22. The predicted octanol–water partition coefficient (Wildman–Crippen LogP) is 3.33. The lowest BCUT2D eigenvalue weighted by Crippen LogP contribution is -2.59. The summed E-state index contributed by atoms with van der Waals surface area (Å²) in [4.78, 5) is 35.6. The molecule has 180 valence electrons. The van der Waals surface area contributed by atoms with Gasteiger partial charge in [-0.25, -0.2) is 0 Å². The van der Waals surface area contributed by atoms with Crippen LogP contribution in [-0.4, -0.2) is 26.7 Å². The van der Waals surface area contributed by atoms with Crippen LogP contribution in [-0.2, 0) is 44.8 Å². The van der Waals surface area contributed by atoms with E-state index >= 15 is 0 Å². The van der Waals surface area contributed by atoms with Crippen LogP contribution < -0.4 is 9.92 Å². The van der Waals surface area contributed by atoms with Gasteiger partial charge in [0.1, 0.15) is 5.75 Å². The first kappa shape index (κ1) is 24.2. The summed E-state index contributed by atoms with van der Waals surface area (Å²) >= 11 is 0. The van der Waals surface area contributed by atoms with Crippen molar-refractivity contribution in [2.75, 3.05) is 0 Å². The molecule has 35 heavy (non-hydrogen) atoms. The van der Waals surface area contributed by atoms with Gasteiger partial charge in [0, 0.05) is 37.5 Å². The largest absolute Gasteiger partial charge is 0.742 e. The van der Waals surface area contributed by atoms with Crippen LogP contribution in [0.15, 0.2) is 78.9 Å². The average molecular weight is 493 g/mol. The predicted molar refractivity (Wildman–Crippen MR) is 126 cm³/mol. The van der Waals surface area contributed by atoms with Gasteiger partial charge >= 0.3 is 8.80 Å². The zero-order chi connectivity index (χ0) is 25.1. The van der Waals surface area contributed by atoms with Gasteiger partial charge in [-0.05, 0) is 18.2 Å². The fourth-order valence-electron chi connectivity index (χ4n) is 3.92. The Morgan fingerprint density at radius 1 is 0.743 bits per heavy atom. The van der Waals surface area contributed by atoms with Crippen LogP contribution in [0.3, 0.4) is 0 Å². The van der Waals surface area contributed by atoms with Crippen LogP contribution >= 0.6 is 0 Å². The van der Waals surface area contributed by atoms with Crippen LogP contribution in [0.2, 0.25) is 0 Å². The lowest BCUT2D eigenvalue weighted by Gasteiger charge is -2.39. The minimum Gasteiger partial charge on any atom is -0.453 e. The second-order valence-electron chi connectivity index (χ2n) is 7.90. The number of benzene rings is 3. The maximum Gasteiger partial charge on any atom is 0.742 e. The molecule has 0 N–H and O–H groups in total. The number of fused-ring (bicyclic) bond motifs is 1. The SMILES string of the molecule is CC(=O)O[Si](OC(C)=O)(OC(C)=O)c1ccc2c(c1)COC(c1ccccc1)(c1ccccc1)O2. The van der Waals surface area contributed by atoms with E-state index in [2.05, 4.69) is 0 Å². The molecule has 1 aliphatic heterocycles. The molecular formula is C26H24O8Si. The van der Waals surface area contributed by atoms with Crippen molar-refractivity contribution in [3.05, 3.63) is 95.6 Å². The molecule has 9 heteroatoms. The number of hydrogen-bond donors (Lipinski definition) is 0. The van der Waals surface area contributed by atoms with Crippen LogP contribution in [0.25, 0.3) is 0 Å². The molecule has 0 saturated heterocycles. The van der Waals surface area contributed by atoms with Crippen molar-refractivity contribution in [2.45, 2.75) is 33.2 Å². The summed E-state index contributed by atoms with van der Waals surface area (Å²) in [6.45, 7) is 3.56. The van der Waals surface area contributed by atoms with Crippen molar-refractivity contribution in [3.8, 4) is 5.75 Å². The first-order valence-corrected chi connectivity index (χ1v) is 12.6. The molecule has 3 aromatic rings. The van der Waals surface area contributed by atoms with Crippen molar-refractivity contribution in [1.29, 1.82) is 0 Å². The molecule has 3 aromatic carbocycles. The summed E-state index contributed by atoms with van der Waals surface area (Å²) in [6.07, 6.45) is 0. The molecule has 0 radical (unpaired) electrons. The van der Waals surface area contributed by atoms with Gasteiger partial charge in [0.25, 0.3) is 23.7 Å². The van der Waals surface area contributed by atoms with E-state index in [1.807, 2.05) is 60.7 Å². The molecule has 0 atom stereocenters. The smallest absolute Gasteiger partial charge is 0.453 e. The number of carbonyl (C=O) groups is 3. The zero-order valence-electron chi connectivity index (χ0n) is 19.5. The van der Waals surface area contributed by atoms with Crippen LogP contribution in [0.4, 0.5) is 0 Å². The molecule has 0 aliphatic carbocycles. The molecule has 0 unspecified atom stereocenters.